The van der Waals surface area contributed by atoms with Crippen molar-refractivity contribution < 1.29 is 24.2 Å². The smallest absolute Gasteiger partial charge is 0.407 e. The Balaban J connectivity index is 1.33. The molecule has 1 fully saturated rings. The van der Waals surface area contributed by atoms with E-state index in [-0.39, 0.29) is 12.5 Å². The molecule has 2 aromatic carbocycles. The van der Waals surface area contributed by atoms with Crippen molar-refractivity contribution in [1.29, 1.82) is 0 Å². The maximum absolute atomic E-state index is 12.5. The van der Waals surface area contributed by atoms with Crippen LogP contribution in [0.25, 0.3) is 11.1 Å². The number of ether oxygens (including phenoxy) is 1. The number of hydrogen-bond donors (Lipinski definition) is 3. The van der Waals surface area contributed by atoms with Crippen LogP contribution in [0.15, 0.2) is 48.5 Å². The van der Waals surface area contributed by atoms with Gasteiger partial charge < -0.3 is 20.5 Å². The molecule has 7 nitrogen and oxygen atoms in total. The topological polar surface area (TPSA) is 105 Å². The minimum absolute atomic E-state index is 0.0594. The zero-order chi connectivity index (χ0) is 22.7. The van der Waals surface area contributed by atoms with Crippen LogP contribution in [0, 0.1) is 5.92 Å². The summed E-state index contributed by atoms with van der Waals surface area (Å²) in [6.07, 6.45) is 2.22. The molecule has 168 valence electrons. The van der Waals surface area contributed by atoms with Crippen molar-refractivity contribution in [2.24, 2.45) is 5.92 Å². The van der Waals surface area contributed by atoms with Gasteiger partial charge in [0.05, 0.1) is 5.92 Å². The zero-order valence-electron chi connectivity index (χ0n) is 18.0. The van der Waals surface area contributed by atoms with Gasteiger partial charge in [-0.15, -0.1) is 0 Å². The molecule has 0 aromatic heterocycles. The van der Waals surface area contributed by atoms with Crippen LogP contribution in [0.5, 0.6) is 0 Å². The highest BCUT2D eigenvalue weighted by Gasteiger charge is 2.33. The number of hydrogen-bond acceptors (Lipinski definition) is 4. The molecule has 0 heterocycles. The Hall–Kier alpha value is -3.35. The van der Waals surface area contributed by atoms with Gasteiger partial charge >= 0.3 is 12.1 Å². The summed E-state index contributed by atoms with van der Waals surface area (Å²) in [5.74, 6) is -1.95. The summed E-state index contributed by atoms with van der Waals surface area (Å²) in [5.41, 5.74) is 4.52. The molecule has 3 atom stereocenters. The lowest BCUT2D eigenvalue weighted by Gasteiger charge is -2.30. The fraction of sp³-hybridized carbons (Fsp3) is 0.400. The summed E-state index contributed by atoms with van der Waals surface area (Å²) in [6.45, 7) is 1.73. The monoisotopic (exact) mass is 436 g/mol. The van der Waals surface area contributed by atoms with E-state index >= 15 is 0 Å². The lowest BCUT2D eigenvalue weighted by molar-refractivity contribution is -0.144. The van der Waals surface area contributed by atoms with Crippen LogP contribution in [0.4, 0.5) is 4.79 Å². The highest BCUT2D eigenvalue weighted by molar-refractivity contribution is 5.86. The summed E-state index contributed by atoms with van der Waals surface area (Å²) in [4.78, 5) is 36.4. The Morgan fingerprint density at radius 1 is 1.00 bits per heavy atom. The Bertz CT molecular complexity index is 975. The van der Waals surface area contributed by atoms with Crippen molar-refractivity contribution in [3.8, 4) is 11.1 Å². The number of amides is 2. The molecule has 1 saturated carbocycles. The second-order valence-electron chi connectivity index (χ2n) is 8.54. The number of aliphatic carboxylic acids is 1. The average Bonchev–Trinajstić information content (AvgIpc) is 3.11. The van der Waals surface area contributed by atoms with Crippen molar-refractivity contribution in [3.63, 3.8) is 0 Å². The van der Waals surface area contributed by atoms with E-state index in [1.165, 1.54) is 0 Å². The molecule has 2 aliphatic carbocycles. The number of fused-ring (bicyclic) bond motifs is 3. The maximum Gasteiger partial charge on any atom is 0.407 e. The molecule has 0 unspecified atom stereocenters. The third kappa shape index (κ3) is 4.47. The van der Waals surface area contributed by atoms with Crippen molar-refractivity contribution in [3.05, 3.63) is 59.7 Å². The lowest BCUT2D eigenvalue weighted by Crippen LogP contribution is -2.52. The van der Waals surface area contributed by atoms with Gasteiger partial charge in [-0.25, -0.2) is 4.79 Å². The first kappa shape index (κ1) is 21.9. The van der Waals surface area contributed by atoms with Gasteiger partial charge in [0, 0.05) is 12.0 Å². The van der Waals surface area contributed by atoms with Crippen LogP contribution < -0.4 is 10.6 Å². The van der Waals surface area contributed by atoms with Crippen molar-refractivity contribution >= 4 is 18.0 Å². The zero-order valence-corrected chi connectivity index (χ0v) is 18.0. The first-order chi connectivity index (χ1) is 15.5. The molecule has 4 rings (SSSR count). The second kappa shape index (κ2) is 9.42. The van der Waals surface area contributed by atoms with E-state index in [4.69, 9.17) is 4.74 Å². The van der Waals surface area contributed by atoms with Crippen LogP contribution >= 0.6 is 0 Å². The fourth-order valence-corrected chi connectivity index (χ4v) is 4.79. The van der Waals surface area contributed by atoms with Gasteiger partial charge in [0.15, 0.2) is 0 Å². The van der Waals surface area contributed by atoms with Crippen LogP contribution in [-0.4, -0.2) is 41.8 Å². The second-order valence-corrected chi connectivity index (χ2v) is 8.54. The molecular formula is C25H28N2O5. The van der Waals surface area contributed by atoms with Crippen molar-refractivity contribution in [2.75, 3.05) is 6.61 Å². The molecule has 0 aliphatic heterocycles. The third-order valence-corrected chi connectivity index (χ3v) is 6.48. The van der Waals surface area contributed by atoms with E-state index in [0.717, 1.165) is 35.1 Å². The molecule has 2 amide bonds. The van der Waals surface area contributed by atoms with Gasteiger partial charge in [0.2, 0.25) is 5.91 Å². The number of carboxylic acid groups (broad SMARTS) is 1. The summed E-state index contributed by atoms with van der Waals surface area (Å²) < 4.78 is 5.49. The molecule has 0 radical (unpaired) electrons. The Morgan fingerprint density at radius 3 is 2.22 bits per heavy atom. The molecule has 2 aliphatic rings. The summed E-state index contributed by atoms with van der Waals surface area (Å²) in [5, 5.41) is 14.7. The van der Waals surface area contributed by atoms with Gasteiger partial charge in [-0.2, -0.15) is 0 Å². The van der Waals surface area contributed by atoms with E-state index in [9.17, 15) is 19.5 Å². The van der Waals surface area contributed by atoms with Crippen molar-refractivity contribution in [2.45, 2.75) is 50.6 Å². The molecule has 32 heavy (non-hydrogen) atoms. The number of carbonyl (C=O) groups is 3. The number of rotatable bonds is 6. The molecule has 0 bridgehead atoms. The molecule has 0 spiro atoms. The molecule has 0 saturated heterocycles. The minimum Gasteiger partial charge on any atom is -0.481 e. The summed E-state index contributed by atoms with van der Waals surface area (Å²) in [6, 6.07) is 14.9. The van der Waals surface area contributed by atoms with E-state index < -0.39 is 36.0 Å². The van der Waals surface area contributed by atoms with E-state index in [2.05, 4.69) is 22.8 Å². The van der Waals surface area contributed by atoms with Crippen molar-refractivity contribution in [1.82, 2.24) is 10.6 Å². The third-order valence-electron chi connectivity index (χ3n) is 6.48. The normalized spacial score (nSPS) is 20.5. The number of carboxylic acids is 1. The quantitative estimate of drug-likeness (QED) is 0.641. The average molecular weight is 437 g/mol. The van der Waals surface area contributed by atoms with E-state index in [1.54, 1.807) is 6.92 Å². The highest BCUT2D eigenvalue weighted by atomic mass is 16.5. The van der Waals surface area contributed by atoms with Crippen LogP contribution in [-0.2, 0) is 14.3 Å². The Labute approximate surface area is 187 Å². The van der Waals surface area contributed by atoms with E-state index in [1.807, 2.05) is 36.4 Å². The fourth-order valence-electron chi connectivity index (χ4n) is 4.79. The number of nitrogens with one attached hydrogen (secondary N) is 2. The molecule has 2 aromatic rings. The first-order valence-corrected chi connectivity index (χ1v) is 11.1. The molecule has 3 N–H and O–H groups in total. The van der Waals surface area contributed by atoms with Crippen LogP contribution in [0.2, 0.25) is 0 Å². The van der Waals surface area contributed by atoms with Gasteiger partial charge in [-0.1, -0.05) is 61.4 Å². The van der Waals surface area contributed by atoms with Gasteiger partial charge in [-0.3, -0.25) is 9.59 Å². The van der Waals surface area contributed by atoms with Gasteiger partial charge in [0.25, 0.3) is 0 Å². The number of alkyl carbamates (subject to hydrolysis) is 1. The van der Waals surface area contributed by atoms with Crippen LogP contribution in [0.3, 0.4) is 0 Å². The first-order valence-electron chi connectivity index (χ1n) is 11.1. The summed E-state index contributed by atoms with van der Waals surface area (Å²) in [7, 11) is 0. The Morgan fingerprint density at radius 2 is 1.59 bits per heavy atom. The number of benzene rings is 2. The maximum atomic E-state index is 12.5. The largest absolute Gasteiger partial charge is 0.481 e. The van der Waals surface area contributed by atoms with Gasteiger partial charge in [-0.05, 0) is 42.0 Å². The SMILES string of the molecule is C[C@@H](NC(=O)OCC1c2ccccc2-c2ccccc21)C(=O)N[C@@H]1CCCC[C@@H]1C(=O)O. The highest BCUT2D eigenvalue weighted by Crippen LogP contribution is 2.44. The van der Waals surface area contributed by atoms with E-state index in [0.29, 0.717) is 12.8 Å². The standard InChI is InChI=1S/C25H28N2O5/c1-15(23(28)27-22-13-7-6-12-20(22)24(29)30)26-25(31)32-14-21-18-10-4-2-8-16(18)17-9-3-5-11-19(17)21/h2-5,8-11,15,20-22H,6-7,12-14H2,1H3,(H,26,31)(H,27,28)(H,29,30)/t15-,20+,22-/m1/s1. The minimum atomic E-state index is -0.896. The Kier molecular flexibility index (Phi) is 6.44. The predicted molar refractivity (Wildman–Crippen MR) is 119 cm³/mol. The number of carbonyl (C=O) groups excluding carboxylic acids is 2. The predicted octanol–water partition coefficient (Wildman–Crippen LogP) is 3.67. The summed E-state index contributed by atoms with van der Waals surface area (Å²) >= 11 is 0. The molecule has 7 heteroatoms. The van der Waals surface area contributed by atoms with Gasteiger partial charge in [0.1, 0.15) is 12.6 Å². The lowest BCUT2D eigenvalue weighted by atomic mass is 9.84. The molecular weight excluding hydrogens is 408 g/mol. The van der Waals surface area contributed by atoms with Crippen LogP contribution in [0.1, 0.15) is 49.7 Å².